The molecule has 0 radical (unpaired) electrons. The van der Waals surface area contributed by atoms with Crippen molar-refractivity contribution in [2.24, 2.45) is 0 Å². The lowest BCUT2D eigenvalue weighted by Crippen LogP contribution is -1.71. The first-order valence-corrected chi connectivity index (χ1v) is 3.85. The maximum Gasteiger partial charge on any atom is 0.0462 e. The Kier molecular flexibility index (Phi) is 1.25. The van der Waals surface area contributed by atoms with E-state index >= 15 is 0 Å². The van der Waals surface area contributed by atoms with E-state index in [1.807, 2.05) is 0 Å². The Labute approximate surface area is 66.4 Å². The fraction of sp³-hybridized carbons (Fsp3) is 0.200. The van der Waals surface area contributed by atoms with E-state index < -0.39 is 0 Å². The molecule has 56 valence electrons. The highest BCUT2D eigenvalue weighted by Crippen LogP contribution is 2.28. The predicted molar refractivity (Wildman–Crippen MR) is 48.2 cm³/mol. The van der Waals surface area contributed by atoms with E-state index in [0.29, 0.717) is 0 Å². The highest BCUT2D eigenvalue weighted by atomic mass is 14.7. The van der Waals surface area contributed by atoms with Gasteiger partial charge in [-0.05, 0) is 31.6 Å². The summed E-state index contributed by atoms with van der Waals surface area (Å²) in [5.41, 5.74) is 5.14. The first kappa shape index (κ1) is 6.47. The van der Waals surface area contributed by atoms with Crippen LogP contribution in [0.25, 0.3) is 11.6 Å². The summed E-state index contributed by atoms with van der Waals surface area (Å²) >= 11 is 0. The first-order valence-electron chi connectivity index (χ1n) is 3.85. The fourth-order valence-electron chi connectivity index (χ4n) is 1.49. The lowest BCUT2D eigenvalue weighted by Gasteiger charge is -1.89. The summed E-state index contributed by atoms with van der Waals surface area (Å²) in [4.78, 5) is 3.29. The van der Waals surface area contributed by atoms with Gasteiger partial charge in [0.1, 0.15) is 0 Å². The minimum atomic E-state index is 1.23. The lowest BCUT2D eigenvalue weighted by molar-refractivity contribution is 1.25. The van der Waals surface area contributed by atoms with Crippen molar-refractivity contribution < 1.29 is 0 Å². The van der Waals surface area contributed by atoms with Crippen LogP contribution >= 0.6 is 0 Å². The van der Waals surface area contributed by atoms with Crippen LogP contribution in [-0.4, -0.2) is 4.98 Å². The van der Waals surface area contributed by atoms with Crippen LogP contribution in [-0.2, 0) is 0 Å². The molecule has 1 aliphatic carbocycles. The maximum absolute atomic E-state index is 3.29. The molecule has 1 aliphatic rings. The Morgan fingerprint density at radius 1 is 1.36 bits per heavy atom. The molecule has 1 heteroatoms. The van der Waals surface area contributed by atoms with Crippen molar-refractivity contribution >= 4 is 11.6 Å². The first-order chi connectivity index (χ1) is 5.31. The van der Waals surface area contributed by atoms with Gasteiger partial charge in [-0.15, -0.1) is 0 Å². The summed E-state index contributed by atoms with van der Waals surface area (Å²) in [6, 6.07) is 2.19. The maximum atomic E-state index is 3.29. The average molecular weight is 145 g/mol. The van der Waals surface area contributed by atoms with Crippen molar-refractivity contribution in [3.05, 3.63) is 35.2 Å². The van der Waals surface area contributed by atoms with Crippen molar-refractivity contribution in [3.63, 3.8) is 0 Å². The smallest absolute Gasteiger partial charge is 0.0462 e. The average Bonchev–Trinajstić information content (AvgIpc) is 2.45. The SMILES string of the molecule is C/C=C1/C=Cc2[nH]c(C)cc21. The van der Waals surface area contributed by atoms with Crippen LogP contribution in [0, 0.1) is 6.92 Å². The van der Waals surface area contributed by atoms with E-state index in [2.05, 4.69) is 43.1 Å². The summed E-state index contributed by atoms with van der Waals surface area (Å²) in [7, 11) is 0. The highest BCUT2D eigenvalue weighted by Gasteiger charge is 2.10. The number of rotatable bonds is 0. The zero-order valence-electron chi connectivity index (χ0n) is 6.81. The Morgan fingerprint density at radius 3 is 2.91 bits per heavy atom. The number of allylic oxidation sites excluding steroid dienone is 3. The standard InChI is InChI=1S/C10H11N/c1-3-8-4-5-10-9(8)6-7(2)11-10/h3-6,11H,1-2H3/b8-3-. The fourth-order valence-corrected chi connectivity index (χ4v) is 1.49. The number of fused-ring (bicyclic) bond motifs is 1. The summed E-state index contributed by atoms with van der Waals surface area (Å²) < 4.78 is 0. The number of aryl methyl sites for hydroxylation is 1. The van der Waals surface area contributed by atoms with Gasteiger partial charge in [-0.1, -0.05) is 12.2 Å². The van der Waals surface area contributed by atoms with Crippen molar-refractivity contribution in [2.45, 2.75) is 13.8 Å². The quantitative estimate of drug-likeness (QED) is 0.577. The lowest BCUT2D eigenvalue weighted by atomic mass is 10.1. The Bertz CT molecular complexity index is 340. The number of aromatic nitrogens is 1. The van der Waals surface area contributed by atoms with Crippen molar-refractivity contribution in [3.8, 4) is 0 Å². The van der Waals surface area contributed by atoms with E-state index in [0.717, 1.165) is 0 Å². The molecule has 0 spiro atoms. The van der Waals surface area contributed by atoms with Gasteiger partial charge in [0.15, 0.2) is 0 Å². The van der Waals surface area contributed by atoms with Gasteiger partial charge in [0.05, 0.1) is 0 Å². The molecule has 1 aromatic heterocycles. The summed E-state index contributed by atoms with van der Waals surface area (Å²) in [5.74, 6) is 0. The largest absolute Gasteiger partial charge is 0.359 e. The molecule has 0 saturated heterocycles. The van der Waals surface area contributed by atoms with Gasteiger partial charge in [-0.25, -0.2) is 0 Å². The van der Waals surface area contributed by atoms with Crippen LogP contribution in [0.3, 0.4) is 0 Å². The van der Waals surface area contributed by atoms with Crippen LogP contribution in [0.5, 0.6) is 0 Å². The molecular weight excluding hydrogens is 134 g/mol. The van der Waals surface area contributed by atoms with E-state index in [1.54, 1.807) is 0 Å². The van der Waals surface area contributed by atoms with Gasteiger partial charge in [-0.2, -0.15) is 0 Å². The molecule has 0 saturated carbocycles. The van der Waals surface area contributed by atoms with Crippen molar-refractivity contribution in [1.82, 2.24) is 4.98 Å². The van der Waals surface area contributed by atoms with Gasteiger partial charge in [0.2, 0.25) is 0 Å². The third-order valence-corrected chi connectivity index (χ3v) is 2.03. The molecule has 2 rings (SSSR count). The van der Waals surface area contributed by atoms with Crippen LogP contribution in [0.2, 0.25) is 0 Å². The predicted octanol–water partition coefficient (Wildman–Crippen LogP) is 2.75. The molecule has 1 heterocycles. The van der Waals surface area contributed by atoms with Gasteiger partial charge in [-0.3, -0.25) is 0 Å². The molecule has 0 atom stereocenters. The summed E-state index contributed by atoms with van der Waals surface area (Å²) in [6.45, 7) is 4.15. The highest BCUT2D eigenvalue weighted by molar-refractivity contribution is 5.88. The molecular formula is C10H11N. The van der Waals surface area contributed by atoms with Gasteiger partial charge in [0, 0.05) is 17.0 Å². The molecule has 1 aromatic rings. The third-order valence-electron chi connectivity index (χ3n) is 2.03. The third kappa shape index (κ3) is 0.845. The molecule has 0 aliphatic heterocycles. The van der Waals surface area contributed by atoms with Crippen LogP contribution < -0.4 is 0 Å². The molecule has 1 nitrogen and oxygen atoms in total. The minimum Gasteiger partial charge on any atom is -0.359 e. The van der Waals surface area contributed by atoms with Gasteiger partial charge >= 0.3 is 0 Å². The molecule has 0 amide bonds. The Morgan fingerprint density at radius 2 is 2.18 bits per heavy atom. The monoisotopic (exact) mass is 145 g/mol. The zero-order chi connectivity index (χ0) is 7.84. The summed E-state index contributed by atoms with van der Waals surface area (Å²) in [5, 5.41) is 0. The number of H-pyrrole nitrogens is 1. The number of hydrogen-bond acceptors (Lipinski definition) is 0. The van der Waals surface area contributed by atoms with Crippen LogP contribution in [0.4, 0.5) is 0 Å². The normalized spacial score (nSPS) is 17.8. The number of hydrogen-bond donors (Lipinski definition) is 1. The van der Waals surface area contributed by atoms with Crippen molar-refractivity contribution in [1.29, 1.82) is 0 Å². The topological polar surface area (TPSA) is 15.8 Å². The van der Waals surface area contributed by atoms with Crippen LogP contribution in [0.15, 0.2) is 18.2 Å². The second-order valence-electron chi connectivity index (χ2n) is 2.86. The number of nitrogens with one attached hydrogen (secondary N) is 1. The molecule has 0 fully saturated rings. The minimum absolute atomic E-state index is 1.23. The molecule has 0 aromatic carbocycles. The number of aromatic amines is 1. The van der Waals surface area contributed by atoms with Crippen LogP contribution in [0.1, 0.15) is 23.9 Å². The van der Waals surface area contributed by atoms with E-state index in [-0.39, 0.29) is 0 Å². The van der Waals surface area contributed by atoms with Gasteiger partial charge in [0.25, 0.3) is 0 Å². The van der Waals surface area contributed by atoms with Crippen molar-refractivity contribution in [2.75, 3.05) is 0 Å². The summed E-state index contributed by atoms with van der Waals surface area (Å²) in [6.07, 6.45) is 6.40. The molecule has 11 heavy (non-hydrogen) atoms. The van der Waals surface area contributed by atoms with Gasteiger partial charge < -0.3 is 4.98 Å². The van der Waals surface area contributed by atoms with E-state index in [4.69, 9.17) is 0 Å². The second kappa shape index (κ2) is 2.12. The molecule has 0 unspecified atom stereocenters. The molecule has 0 bridgehead atoms. The second-order valence-corrected chi connectivity index (χ2v) is 2.86. The van der Waals surface area contributed by atoms with E-state index in [1.165, 1.54) is 22.5 Å². The Balaban J connectivity index is 2.62. The zero-order valence-corrected chi connectivity index (χ0v) is 6.81. The molecule has 1 N–H and O–H groups in total. The Hall–Kier alpha value is -1.24. The van der Waals surface area contributed by atoms with E-state index in [9.17, 15) is 0 Å².